The Morgan fingerprint density at radius 3 is 3.19 bits per heavy atom. The molecule has 0 bridgehead atoms. The highest BCUT2D eigenvalue weighted by Crippen LogP contribution is 2.46. The van der Waals surface area contributed by atoms with Gasteiger partial charge in [0, 0.05) is 48.7 Å². The van der Waals surface area contributed by atoms with E-state index in [1.54, 1.807) is 11.3 Å². The zero-order valence-corrected chi connectivity index (χ0v) is 17.7. The van der Waals surface area contributed by atoms with E-state index in [9.17, 15) is 5.26 Å². The van der Waals surface area contributed by atoms with Gasteiger partial charge in [-0.25, -0.2) is 0 Å². The Hall–Kier alpha value is -1.33. The van der Waals surface area contributed by atoms with E-state index in [1.165, 1.54) is 16.7 Å². The summed E-state index contributed by atoms with van der Waals surface area (Å²) in [7, 11) is 0. The molecule has 2 aliphatic heterocycles. The van der Waals surface area contributed by atoms with Crippen LogP contribution in [0, 0.1) is 16.7 Å². The summed E-state index contributed by atoms with van der Waals surface area (Å²) in [4.78, 5) is 4.51. The Balaban J connectivity index is 1.67. The molecule has 2 atom stereocenters. The summed E-state index contributed by atoms with van der Waals surface area (Å²) in [5.41, 5.74) is 2.09. The minimum Gasteiger partial charge on any atom is -0.390 e. The Morgan fingerprint density at radius 1 is 1.63 bits per heavy atom. The summed E-state index contributed by atoms with van der Waals surface area (Å²) in [6, 6.07) is 4.72. The van der Waals surface area contributed by atoms with Crippen molar-refractivity contribution in [3.8, 4) is 6.07 Å². The Bertz CT molecular complexity index is 739. The van der Waals surface area contributed by atoms with E-state index in [4.69, 9.17) is 10.1 Å². The van der Waals surface area contributed by atoms with Crippen molar-refractivity contribution in [1.82, 2.24) is 10.2 Å². The van der Waals surface area contributed by atoms with E-state index >= 15 is 0 Å². The molecule has 1 spiro atoms. The zero-order chi connectivity index (χ0) is 19.3. The molecule has 5 nitrogen and oxygen atoms in total. The number of likely N-dealkylation sites (tertiary alicyclic amines) is 1. The highest BCUT2D eigenvalue weighted by atomic mass is 32.2. The van der Waals surface area contributed by atoms with Crippen molar-refractivity contribution in [1.29, 1.82) is 10.7 Å². The smallest absolute Gasteiger partial charge is 0.110 e. The van der Waals surface area contributed by atoms with Gasteiger partial charge in [-0.05, 0) is 49.6 Å². The standard InChI is InChI=1S/C20H28N4OS2/c1-15-10-20(19-17(3-7-25-20)9-18(12-22)27-19)4-6-24(15)14-16(11-21)13-23-5-8-26-2/h9,11,13,15,21,23H,3-8,10,14H2,1-2H3/b16-13+,21-11?/t15-,20?/m0/s1. The third-order valence-corrected chi connectivity index (χ3v) is 7.32. The third kappa shape index (κ3) is 4.57. The van der Waals surface area contributed by atoms with E-state index in [1.807, 2.05) is 18.0 Å². The molecule has 1 aromatic heterocycles. The maximum atomic E-state index is 9.28. The average molecular weight is 405 g/mol. The molecule has 0 radical (unpaired) electrons. The minimum atomic E-state index is -0.228. The van der Waals surface area contributed by atoms with Gasteiger partial charge in [0.15, 0.2) is 0 Å². The average Bonchev–Trinajstić information content (AvgIpc) is 3.11. The first-order valence-corrected chi connectivity index (χ1v) is 11.7. The van der Waals surface area contributed by atoms with Crippen LogP contribution in [0.3, 0.4) is 0 Å². The van der Waals surface area contributed by atoms with Gasteiger partial charge in [0.25, 0.3) is 0 Å². The normalized spacial score (nSPS) is 25.8. The number of hydrogen-bond donors (Lipinski definition) is 2. The number of thiophene rings is 1. The minimum absolute atomic E-state index is 0.228. The molecule has 0 saturated carbocycles. The number of piperidine rings is 1. The van der Waals surface area contributed by atoms with Crippen LogP contribution in [0.25, 0.3) is 0 Å². The number of nitrogens with zero attached hydrogens (tertiary/aromatic N) is 2. The first kappa shape index (κ1) is 20.4. The van der Waals surface area contributed by atoms with E-state index in [2.05, 4.69) is 35.5 Å². The maximum absolute atomic E-state index is 9.28. The van der Waals surface area contributed by atoms with Crippen molar-refractivity contribution >= 4 is 29.3 Å². The quantitative estimate of drug-likeness (QED) is 0.539. The highest BCUT2D eigenvalue weighted by molar-refractivity contribution is 7.98. The summed E-state index contributed by atoms with van der Waals surface area (Å²) >= 11 is 3.43. The molecular formula is C20H28N4OS2. The molecule has 1 unspecified atom stereocenters. The lowest BCUT2D eigenvalue weighted by Gasteiger charge is -2.47. The van der Waals surface area contributed by atoms with Crippen LogP contribution in [0.2, 0.25) is 0 Å². The molecule has 2 aliphatic rings. The van der Waals surface area contributed by atoms with Gasteiger partial charge in [-0.2, -0.15) is 17.0 Å². The van der Waals surface area contributed by atoms with Gasteiger partial charge in [0.1, 0.15) is 16.5 Å². The Kier molecular flexibility index (Phi) is 6.99. The fourth-order valence-electron chi connectivity index (χ4n) is 4.03. The fraction of sp³-hybridized carbons (Fsp3) is 0.600. The van der Waals surface area contributed by atoms with Crippen molar-refractivity contribution in [2.75, 3.05) is 38.2 Å². The van der Waals surface area contributed by atoms with E-state index in [-0.39, 0.29) is 5.60 Å². The number of nitriles is 1. The molecule has 146 valence electrons. The van der Waals surface area contributed by atoms with Crippen LogP contribution in [-0.4, -0.2) is 55.4 Å². The van der Waals surface area contributed by atoms with Crippen molar-refractivity contribution in [3.63, 3.8) is 0 Å². The number of rotatable bonds is 7. The predicted molar refractivity (Wildman–Crippen MR) is 114 cm³/mol. The first-order chi connectivity index (χ1) is 13.1. The number of ether oxygens (including phenoxy) is 1. The van der Waals surface area contributed by atoms with Crippen LogP contribution in [0.1, 0.15) is 35.1 Å². The molecule has 27 heavy (non-hydrogen) atoms. The van der Waals surface area contributed by atoms with Gasteiger partial charge >= 0.3 is 0 Å². The molecule has 3 rings (SSSR count). The van der Waals surface area contributed by atoms with Gasteiger partial charge < -0.3 is 15.5 Å². The fourth-order valence-corrected chi connectivity index (χ4v) is 5.55. The number of fused-ring (bicyclic) bond motifs is 2. The molecule has 7 heteroatoms. The van der Waals surface area contributed by atoms with Gasteiger partial charge in [0.2, 0.25) is 0 Å². The second kappa shape index (κ2) is 9.24. The van der Waals surface area contributed by atoms with Crippen molar-refractivity contribution in [2.45, 2.75) is 37.8 Å². The molecule has 2 N–H and O–H groups in total. The number of thioether (sulfide) groups is 1. The summed E-state index contributed by atoms with van der Waals surface area (Å²) < 4.78 is 6.33. The summed E-state index contributed by atoms with van der Waals surface area (Å²) in [5.74, 6) is 1.07. The van der Waals surface area contributed by atoms with Crippen molar-refractivity contribution in [2.24, 2.45) is 0 Å². The van der Waals surface area contributed by atoms with Crippen LogP contribution in [0.4, 0.5) is 0 Å². The van der Waals surface area contributed by atoms with Crippen molar-refractivity contribution in [3.05, 3.63) is 33.2 Å². The van der Waals surface area contributed by atoms with Crippen LogP contribution < -0.4 is 5.32 Å². The van der Waals surface area contributed by atoms with Gasteiger partial charge in [0.05, 0.1) is 6.61 Å². The lowest BCUT2D eigenvalue weighted by Crippen LogP contribution is -2.50. The lowest BCUT2D eigenvalue weighted by molar-refractivity contribution is -0.107. The molecule has 0 amide bonds. The molecular weight excluding hydrogens is 376 g/mol. The van der Waals surface area contributed by atoms with Gasteiger partial charge in [-0.3, -0.25) is 4.90 Å². The van der Waals surface area contributed by atoms with Crippen LogP contribution in [0.15, 0.2) is 17.8 Å². The Morgan fingerprint density at radius 2 is 2.48 bits per heavy atom. The first-order valence-electron chi connectivity index (χ1n) is 9.45. The van der Waals surface area contributed by atoms with E-state index in [0.717, 1.165) is 61.7 Å². The van der Waals surface area contributed by atoms with Crippen molar-refractivity contribution < 1.29 is 4.74 Å². The second-order valence-electron chi connectivity index (χ2n) is 7.25. The van der Waals surface area contributed by atoms with Gasteiger partial charge in [-0.15, -0.1) is 11.3 Å². The molecule has 0 aromatic carbocycles. The summed E-state index contributed by atoms with van der Waals surface area (Å²) in [6.45, 7) is 5.64. The molecule has 1 fully saturated rings. The number of hydrogen-bond acceptors (Lipinski definition) is 7. The van der Waals surface area contributed by atoms with Crippen LogP contribution >= 0.6 is 23.1 Å². The molecule has 1 aromatic rings. The SMILES string of the molecule is CSCCN/C=C(\C=N)CN1CCC2(C[C@@H]1C)OCCc1cc(C#N)sc12. The molecule has 1 saturated heterocycles. The van der Waals surface area contributed by atoms with Gasteiger partial charge in [-0.1, -0.05) is 0 Å². The third-order valence-electron chi connectivity index (χ3n) is 5.44. The summed E-state index contributed by atoms with van der Waals surface area (Å²) in [5, 5.41) is 20.3. The van der Waals surface area contributed by atoms with E-state index < -0.39 is 0 Å². The van der Waals surface area contributed by atoms with E-state index in [0.29, 0.717) is 6.04 Å². The molecule has 0 aliphatic carbocycles. The maximum Gasteiger partial charge on any atom is 0.110 e. The predicted octanol–water partition coefficient (Wildman–Crippen LogP) is 3.36. The topological polar surface area (TPSA) is 72.1 Å². The lowest BCUT2D eigenvalue weighted by atomic mass is 9.82. The largest absolute Gasteiger partial charge is 0.390 e. The summed E-state index contributed by atoms with van der Waals surface area (Å²) in [6.07, 6.45) is 8.33. The molecule has 3 heterocycles. The highest BCUT2D eigenvalue weighted by Gasteiger charge is 2.44. The van der Waals surface area contributed by atoms with Crippen LogP contribution in [0.5, 0.6) is 0 Å². The monoisotopic (exact) mass is 404 g/mol. The Labute approximate surface area is 170 Å². The second-order valence-corrected chi connectivity index (χ2v) is 9.29. The van der Waals surface area contributed by atoms with Crippen LogP contribution in [-0.2, 0) is 16.8 Å². The number of nitrogens with one attached hydrogen (secondary N) is 2. The zero-order valence-electron chi connectivity index (χ0n) is 16.1.